The summed E-state index contributed by atoms with van der Waals surface area (Å²) in [6.07, 6.45) is 2.38. The second-order valence-corrected chi connectivity index (χ2v) is 6.50. The van der Waals surface area contributed by atoms with Crippen molar-refractivity contribution in [2.75, 3.05) is 32.5 Å². The van der Waals surface area contributed by atoms with Gasteiger partial charge in [0.1, 0.15) is 11.9 Å². The molecule has 0 radical (unpaired) electrons. The van der Waals surface area contributed by atoms with Gasteiger partial charge in [-0.2, -0.15) is 0 Å². The molecule has 0 aromatic heterocycles. The highest BCUT2D eigenvalue weighted by molar-refractivity contribution is 6.32. The molecule has 2 aromatic rings. The van der Waals surface area contributed by atoms with E-state index in [4.69, 9.17) is 16.3 Å². The van der Waals surface area contributed by atoms with Gasteiger partial charge in [-0.25, -0.2) is 0 Å². The molecule has 2 aromatic carbocycles. The largest absolute Gasteiger partial charge is 0.489 e. The monoisotopic (exact) mass is 330 g/mol. The van der Waals surface area contributed by atoms with Crippen molar-refractivity contribution in [2.24, 2.45) is 0 Å². The summed E-state index contributed by atoms with van der Waals surface area (Å²) in [5, 5.41) is 3.80. The van der Waals surface area contributed by atoms with Crippen molar-refractivity contribution in [2.45, 2.75) is 18.9 Å². The van der Waals surface area contributed by atoms with E-state index in [0.29, 0.717) is 5.02 Å². The summed E-state index contributed by atoms with van der Waals surface area (Å²) in [5.41, 5.74) is 3.35. The minimum absolute atomic E-state index is 0.268. The summed E-state index contributed by atoms with van der Waals surface area (Å²) < 4.78 is 6.09. The Bertz CT molecular complexity index is 649. The smallest absolute Gasteiger partial charge is 0.138 e. The van der Waals surface area contributed by atoms with Crippen LogP contribution in [0.25, 0.3) is 11.1 Å². The van der Waals surface area contributed by atoms with Crippen LogP contribution in [0.3, 0.4) is 0 Å². The lowest BCUT2D eigenvalue weighted by Crippen LogP contribution is -2.35. The Morgan fingerprint density at radius 3 is 2.30 bits per heavy atom. The summed E-state index contributed by atoms with van der Waals surface area (Å²) in [5.74, 6) is 0.789. The highest BCUT2D eigenvalue weighted by Crippen LogP contribution is 2.32. The number of halogens is 1. The average molecular weight is 331 g/mol. The maximum absolute atomic E-state index is 6.44. The molecule has 0 aliphatic carbocycles. The van der Waals surface area contributed by atoms with Crippen molar-refractivity contribution in [3.05, 3.63) is 47.5 Å². The zero-order valence-electron chi connectivity index (χ0n) is 13.7. The van der Waals surface area contributed by atoms with Gasteiger partial charge in [-0.3, -0.25) is 0 Å². The number of likely N-dealkylation sites (tertiary alicyclic amines) is 1. The molecule has 1 N–H and O–H groups in total. The summed E-state index contributed by atoms with van der Waals surface area (Å²) in [6.45, 7) is 2.16. The molecule has 0 atom stereocenters. The van der Waals surface area contributed by atoms with Crippen molar-refractivity contribution < 1.29 is 4.74 Å². The number of nitrogens with one attached hydrogen (secondary N) is 1. The lowest BCUT2D eigenvalue weighted by molar-refractivity contribution is 0.114. The first kappa shape index (κ1) is 16.2. The molecule has 1 aliphatic rings. The van der Waals surface area contributed by atoms with Crippen LogP contribution in [0.4, 0.5) is 5.69 Å². The zero-order valence-corrected chi connectivity index (χ0v) is 14.4. The Kier molecular flexibility index (Phi) is 5.09. The number of ether oxygens (including phenoxy) is 1. The van der Waals surface area contributed by atoms with Crippen LogP contribution in [0, 0.1) is 0 Å². The standard InChI is InChI=1S/C19H23ClN2O/c1-21-16-6-3-14(4-7-16)15-5-8-19(18(20)13-15)23-17-9-11-22(2)12-10-17/h3-8,13,17,21H,9-12H2,1-2H3. The van der Waals surface area contributed by atoms with E-state index in [1.807, 2.05) is 19.2 Å². The minimum atomic E-state index is 0.268. The molecular weight excluding hydrogens is 308 g/mol. The van der Waals surface area contributed by atoms with E-state index in [-0.39, 0.29) is 6.10 Å². The summed E-state index contributed by atoms with van der Waals surface area (Å²) >= 11 is 6.44. The van der Waals surface area contributed by atoms with Crippen molar-refractivity contribution in [3.8, 4) is 16.9 Å². The van der Waals surface area contributed by atoms with Crippen molar-refractivity contribution in [3.63, 3.8) is 0 Å². The average Bonchev–Trinajstić information content (AvgIpc) is 2.59. The molecule has 4 heteroatoms. The molecule has 23 heavy (non-hydrogen) atoms. The molecule has 1 saturated heterocycles. The van der Waals surface area contributed by atoms with Crippen LogP contribution in [0.15, 0.2) is 42.5 Å². The number of hydrogen-bond donors (Lipinski definition) is 1. The minimum Gasteiger partial charge on any atom is -0.489 e. The van der Waals surface area contributed by atoms with Crippen molar-refractivity contribution in [1.29, 1.82) is 0 Å². The molecule has 3 nitrogen and oxygen atoms in total. The van der Waals surface area contributed by atoms with E-state index in [9.17, 15) is 0 Å². The fourth-order valence-electron chi connectivity index (χ4n) is 2.89. The number of rotatable bonds is 4. The maximum Gasteiger partial charge on any atom is 0.138 e. The Labute approximate surface area is 143 Å². The van der Waals surface area contributed by atoms with Crippen LogP contribution in [-0.4, -0.2) is 38.2 Å². The highest BCUT2D eigenvalue weighted by Gasteiger charge is 2.19. The van der Waals surface area contributed by atoms with Crippen LogP contribution >= 0.6 is 11.6 Å². The molecule has 0 spiro atoms. The second kappa shape index (κ2) is 7.24. The predicted molar refractivity (Wildman–Crippen MR) is 97.6 cm³/mol. The van der Waals surface area contributed by atoms with Gasteiger partial charge >= 0.3 is 0 Å². The first-order valence-corrected chi connectivity index (χ1v) is 8.46. The van der Waals surface area contributed by atoms with Gasteiger partial charge in [0.05, 0.1) is 5.02 Å². The number of anilines is 1. The van der Waals surface area contributed by atoms with E-state index in [2.05, 4.69) is 47.6 Å². The topological polar surface area (TPSA) is 24.5 Å². The fourth-order valence-corrected chi connectivity index (χ4v) is 3.11. The Hall–Kier alpha value is -1.71. The van der Waals surface area contributed by atoms with Gasteiger partial charge in [0.2, 0.25) is 0 Å². The Morgan fingerprint density at radius 2 is 1.70 bits per heavy atom. The number of benzene rings is 2. The SMILES string of the molecule is CNc1ccc(-c2ccc(OC3CCN(C)CC3)c(Cl)c2)cc1. The van der Waals surface area contributed by atoms with E-state index in [0.717, 1.165) is 48.5 Å². The van der Waals surface area contributed by atoms with Gasteiger partial charge in [0, 0.05) is 25.8 Å². The first-order chi connectivity index (χ1) is 11.2. The normalized spacial score (nSPS) is 16.3. The highest BCUT2D eigenvalue weighted by atomic mass is 35.5. The maximum atomic E-state index is 6.44. The summed E-state index contributed by atoms with van der Waals surface area (Å²) in [7, 11) is 4.07. The molecule has 1 aliphatic heterocycles. The van der Waals surface area contributed by atoms with Crippen LogP contribution in [0.1, 0.15) is 12.8 Å². The molecule has 0 amide bonds. The van der Waals surface area contributed by atoms with Gasteiger partial charge in [-0.05, 0) is 55.3 Å². The molecule has 122 valence electrons. The third-order valence-electron chi connectivity index (χ3n) is 4.40. The van der Waals surface area contributed by atoms with E-state index in [1.165, 1.54) is 0 Å². The molecule has 0 saturated carbocycles. The lowest BCUT2D eigenvalue weighted by atomic mass is 10.0. The first-order valence-electron chi connectivity index (χ1n) is 8.08. The van der Waals surface area contributed by atoms with Crippen molar-refractivity contribution >= 4 is 17.3 Å². The zero-order chi connectivity index (χ0) is 16.2. The Morgan fingerprint density at radius 1 is 1.04 bits per heavy atom. The molecule has 3 rings (SSSR count). The molecule has 0 unspecified atom stereocenters. The number of hydrogen-bond acceptors (Lipinski definition) is 3. The summed E-state index contributed by atoms with van der Waals surface area (Å²) in [4.78, 5) is 2.33. The fraction of sp³-hybridized carbons (Fsp3) is 0.368. The molecule has 1 heterocycles. The summed E-state index contributed by atoms with van der Waals surface area (Å²) in [6, 6.07) is 14.4. The van der Waals surface area contributed by atoms with E-state index in [1.54, 1.807) is 0 Å². The molecule has 1 fully saturated rings. The third-order valence-corrected chi connectivity index (χ3v) is 4.69. The van der Waals surface area contributed by atoms with Gasteiger partial charge in [-0.1, -0.05) is 29.8 Å². The van der Waals surface area contributed by atoms with E-state index >= 15 is 0 Å². The predicted octanol–water partition coefficient (Wildman–Crippen LogP) is 4.52. The van der Waals surface area contributed by atoms with E-state index < -0.39 is 0 Å². The van der Waals surface area contributed by atoms with Crippen LogP contribution in [0.5, 0.6) is 5.75 Å². The van der Waals surface area contributed by atoms with Crippen LogP contribution in [0.2, 0.25) is 5.02 Å². The van der Waals surface area contributed by atoms with Crippen LogP contribution in [-0.2, 0) is 0 Å². The van der Waals surface area contributed by atoms with Crippen molar-refractivity contribution in [1.82, 2.24) is 4.90 Å². The molecular formula is C19H23ClN2O. The Balaban J connectivity index is 1.72. The third kappa shape index (κ3) is 3.98. The molecule has 0 bridgehead atoms. The van der Waals surface area contributed by atoms with Gasteiger partial charge in [0.15, 0.2) is 0 Å². The number of piperidine rings is 1. The van der Waals surface area contributed by atoms with Gasteiger partial charge in [0.25, 0.3) is 0 Å². The van der Waals surface area contributed by atoms with Gasteiger partial charge in [-0.15, -0.1) is 0 Å². The van der Waals surface area contributed by atoms with Gasteiger partial charge < -0.3 is 15.0 Å². The second-order valence-electron chi connectivity index (χ2n) is 6.09. The lowest BCUT2D eigenvalue weighted by Gasteiger charge is -2.29. The quantitative estimate of drug-likeness (QED) is 0.892. The van der Waals surface area contributed by atoms with Crippen LogP contribution < -0.4 is 10.1 Å². The number of nitrogens with zero attached hydrogens (tertiary/aromatic N) is 1.